The highest BCUT2D eigenvalue weighted by molar-refractivity contribution is 7.99. The molecule has 0 aliphatic heterocycles. The molecule has 1 unspecified atom stereocenters. The molecule has 2 aromatic carbocycles. The summed E-state index contributed by atoms with van der Waals surface area (Å²) in [4.78, 5) is 4.31. The van der Waals surface area contributed by atoms with Gasteiger partial charge in [0.15, 0.2) is 0 Å². The van der Waals surface area contributed by atoms with Crippen LogP contribution in [0.3, 0.4) is 0 Å². The summed E-state index contributed by atoms with van der Waals surface area (Å²) in [5, 5.41) is 37.5. The quantitative estimate of drug-likeness (QED) is 0.435. The standard InChI is InChI=1S/C19H25NO4S2/c21-14-17(24)13-20(9-11-25-18-5-1-15(22)2-6-18)10-12-26-19-7-3-16(23)4-8-19/h1-8,17,21-24H,9-14H2. The largest absolute Gasteiger partial charge is 0.508 e. The number of aliphatic hydroxyl groups excluding tert-OH is 2. The SMILES string of the molecule is OCC(O)CN(CCSc1ccc(O)cc1)CCSc1ccc(O)cc1. The van der Waals surface area contributed by atoms with Crippen LogP contribution >= 0.6 is 23.5 Å². The molecule has 142 valence electrons. The summed E-state index contributed by atoms with van der Waals surface area (Å²) in [5.41, 5.74) is 0. The number of nitrogens with zero attached hydrogens (tertiary/aromatic N) is 1. The fourth-order valence-electron chi connectivity index (χ4n) is 2.32. The van der Waals surface area contributed by atoms with Crippen molar-refractivity contribution < 1.29 is 20.4 Å². The Kier molecular flexibility index (Phi) is 9.14. The molecule has 0 aliphatic rings. The maximum atomic E-state index is 9.76. The second-order valence-corrected chi connectivity index (χ2v) is 8.16. The molecule has 0 fully saturated rings. The van der Waals surface area contributed by atoms with Crippen LogP contribution in [0.2, 0.25) is 0 Å². The number of rotatable bonds is 11. The van der Waals surface area contributed by atoms with Gasteiger partial charge in [-0.1, -0.05) is 0 Å². The number of aromatic hydroxyl groups is 2. The Morgan fingerprint density at radius 1 is 0.769 bits per heavy atom. The summed E-state index contributed by atoms with van der Waals surface area (Å²) in [6, 6.07) is 14.2. The number of phenolic OH excluding ortho intramolecular Hbond substituents is 2. The van der Waals surface area contributed by atoms with Crippen LogP contribution in [0.5, 0.6) is 11.5 Å². The molecule has 0 aromatic heterocycles. The summed E-state index contributed by atoms with van der Waals surface area (Å²) in [5.74, 6) is 2.22. The van der Waals surface area contributed by atoms with Crippen LogP contribution in [0, 0.1) is 0 Å². The molecule has 1 atom stereocenters. The van der Waals surface area contributed by atoms with Crippen molar-refractivity contribution in [2.75, 3.05) is 37.7 Å². The molecule has 2 rings (SSSR count). The summed E-state index contributed by atoms with van der Waals surface area (Å²) >= 11 is 3.38. The van der Waals surface area contributed by atoms with Crippen LogP contribution in [0.25, 0.3) is 0 Å². The van der Waals surface area contributed by atoms with Gasteiger partial charge in [0.1, 0.15) is 11.5 Å². The van der Waals surface area contributed by atoms with E-state index in [1.165, 1.54) is 0 Å². The van der Waals surface area contributed by atoms with Crippen LogP contribution in [-0.4, -0.2) is 69.2 Å². The smallest absolute Gasteiger partial charge is 0.115 e. The minimum absolute atomic E-state index is 0.243. The first-order valence-corrected chi connectivity index (χ1v) is 10.4. The molecule has 0 spiro atoms. The van der Waals surface area contributed by atoms with Crippen LogP contribution in [0.4, 0.5) is 0 Å². The summed E-state index contributed by atoms with van der Waals surface area (Å²) in [6.45, 7) is 1.77. The van der Waals surface area contributed by atoms with Gasteiger partial charge in [-0.25, -0.2) is 0 Å². The van der Waals surface area contributed by atoms with Crippen molar-refractivity contribution >= 4 is 23.5 Å². The number of thioether (sulfide) groups is 2. The first-order valence-electron chi connectivity index (χ1n) is 8.42. The summed E-state index contributed by atoms with van der Waals surface area (Å²) < 4.78 is 0. The average molecular weight is 396 g/mol. The highest BCUT2D eigenvalue weighted by atomic mass is 32.2. The fraction of sp³-hybridized carbons (Fsp3) is 0.368. The molecule has 0 saturated carbocycles. The average Bonchev–Trinajstić information content (AvgIpc) is 2.64. The van der Waals surface area contributed by atoms with Gasteiger partial charge in [0.05, 0.1) is 12.7 Å². The van der Waals surface area contributed by atoms with Gasteiger partial charge >= 0.3 is 0 Å². The number of benzene rings is 2. The minimum Gasteiger partial charge on any atom is -0.508 e. The van der Waals surface area contributed by atoms with Crippen molar-refractivity contribution in [1.82, 2.24) is 4.90 Å². The zero-order chi connectivity index (χ0) is 18.8. The van der Waals surface area contributed by atoms with E-state index in [2.05, 4.69) is 4.90 Å². The van der Waals surface area contributed by atoms with Crippen LogP contribution in [0.1, 0.15) is 0 Å². The van der Waals surface area contributed by atoms with Gasteiger partial charge in [-0.05, 0) is 48.5 Å². The normalized spacial score (nSPS) is 12.4. The van der Waals surface area contributed by atoms with E-state index >= 15 is 0 Å². The van der Waals surface area contributed by atoms with Gasteiger partial charge in [-0.15, -0.1) is 23.5 Å². The van der Waals surface area contributed by atoms with Gasteiger partial charge in [0, 0.05) is 40.9 Å². The second kappa shape index (κ2) is 11.4. The molecule has 0 radical (unpaired) electrons. The first-order chi connectivity index (χ1) is 12.6. The van der Waals surface area contributed by atoms with Crippen molar-refractivity contribution in [1.29, 1.82) is 0 Å². The lowest BCUT2D eigenvalue weighted by atomic mass is 10.3. The van der Waals surface area contributed by atoms with Gasteiger partial charge < -0.3 is 20.4 Å². The van der Waals surface area contributed by atoms with Crippen LogP contribution < -0.4 is 0 Å². The zero-order valence-electron chi connectivity index (χ0n) is 14.5. The van der Waals surface area contributed by atoms with E-state index in [0.29, 0.717) is 6.54 Å². The minimum atomic E-state index is -0.743. The maximum absolute atomic E-state index is 9.76. The lowest BCUT2D eigenvalue weighted by molar-refractivity contribution is 0.0629. The van der Waals surface area contributed by atoms with E-state index in [4.69, 9.17) is 5.11 Å². The molecule has 5 nitrogen and oxygen atoms in total. The number of hydrogen-bond acceptors (Lipinski definition) is 7. The Morgan fingerprint density at radius 2 is 1.19 bits per heavy atom. The molecule has 0 aliphatic carbocycles. The second-order valence-electron chi connectivity index (χ2n) is 5.82. The molecule has 0 saturated heterocycles. The first kappa shape index (κ1) is 20.9. The molecule has 4 N–H and O–H groups in total. The third kappa shape index (κ3) is 7.88. The molecule has 2 aromatic rings. The molecule has 26 heavy (non-hydrogen) atoms. The number of hydrogen-bond donors (Lipinski definition) is 4. The Bertz CT molecular complexity index is 585. The van der Waals surface area contributed by atoms with Gasteiger partial charge in [-0.3, -0.25) is 4.90 Å². The molecular formula is C19H25NO4S2. The Labute approximate surface area is 162 Å². The maximum Gasteiger partial charge on any atom is 0.115 e. The molecule has 0 heterocycles. The summed E-state index contributed by atoms with van der Waals surface area (Å²) in [6.07, 6.45) is -0.743. The molecular weight excluding hydrogens is 370 g/mol. The van der Waals surface area contributed by atoms with E-state index in [-0.39, 0.29) is 18.1 Å². The molecule has 7 heteroatoms. The van der Waals surface area contributed by atoms with Crippen molar-refractivity contribution in [2.45, 2.75) is 15.9 Å². The lowest BCUT2D eigenvalue weighted by Crippen LogP contribution is -2.37. The van der Waals surface area contributed by atoms with Crippen molar-refractivity contribution in [2.24, 2.45) is 0 Å². The monoisotopic (exact) mass is 395 g/mol. The van der Waals surface area contributed by atoms with E-state index < -0.39 is 6.10 Å². The highest BCUT2D eigenvalue weighted by Gasteiger charge is 2.11. The third-order valence-corrected chi connectivity index (χ3v) is 5.69. The van der Waals surface area contributed by atoms with E-state index in [0.717, 1.165) is 34.4 Å². The van der Waals surface area contributed by atoms with E-state index in [1.54, 1.807) is 47.8 Å². The van der Waals surface area contributed by atoms with Crippen molar-refractivity contribution in [3.05, 3.63) is 48.5 Å². The van der Waals surface area contributed by atoms with E-state index in [1.807, 2.05) is 24.3 Å². The molecule has 0 bridgehead atoms. The predicted molar refractivity (Wildman–Crippen MR) is 107 cm³/mol. The predicted octanol–water partition coefficient (Wildman–Crippen LogP) is 2.64. The highest BCUT2D eigenvalue weighted by Crippen LogP contribution is 2.22. The Balaban J connectivity index is 1.78. The van der Waals surface area contributed by atoms with Gasteiger partial charge in [-0.2, -0.15) is 0 Å². The van der Waals surface area contributed by atoms with Gasteiger partial charge in [0.25, 0.3) is 0 Å². The fourth-order valence-corrected chi connectivity index (χ4v) is 4.15. The van der Waals surface area contributed by atoms with Crippen molar-refractivity contribution in [3.63, 3.8) is 0 Å². The van der Waals surface area contributed by atoms with Crippen molar-refractivity contribution in [3.8, 4) is 11.5 Å². The van der Waals surface area contributed by atoms with E-state index in [9.17, 15) is 15.3 Å². The lowest BCUT2D eigenvalue weighted by Gasteiger charge is -2.24. The van der Waals surface area contributed by atoms with Gasteiger partial charge in [0.2, 0.25) is 0 Å². The Morgan fingerprint density at radius 3 is 1.58 bits per heavy atom. The summed E-state index contributed by atoms with van der Waals surface area (Å²) in [7, 11) is 0. The third-order valence-electron chi connectivity index (χ3n) is 3.71. The van der Waals surface area contributed by atoms with Crippen LogP contribution in [0.15, 0.2) is 58.3 Å². The zero-order valence-corrected chi connectivity index (χ0v) is 16.1. The topological polar surface area (TPSA) is 84.2 Å². The Hall–Kier alpha value is -1.38. The number of phenols is 2. The molecule has 0 amide bonds. The number of aliphatic hydroxyl groups is 2. The van der Waals surface area contributed by atoms with Crippen LogP contribution in [-0.2, 0) is 0 Å².